The van der Waals surface area contributed by atoms with Crippen molar-refractivity contribution in [2.24, 2.45) is 0 Å². The van der Waals surface area contributed by atoms with Gasteiger partial charge >= 0.3 is 6.09 Å². The molecule has 0 radical (unpaired) electrons. The maximum Gasteiger partial charge on any atom is 0.410 e. The van der Waals surface area contributed by atoms with Gasteiger partial charge in [-0.3, -0.25) is 0 Å². The number of aliphatic hydroxyl groups is 1. The zero-order valence-corrected chi connectivity index (χ0v) is 7.93. The van der Waals surface area contributed by atoms with Crippen LogP contribution in [0.2, 0.25) is 0 Å². The van der Waals surface area contributed by atoms with Crippen LogP contribution in [0.4, 0.5) is 4.79 Å². The van der Waals surface area contributed by atoms with Crippen LogP contribution in [0.5, 0.6) is 0 Å². The molecule has 0 spiro atoms. The van der Waals surface area contributed by atoms with Crippen LogP contribution in [-0.2, 0) is 4.74 Å². The molecule has 1 aliphatic heterocycles. The highest BCUT2D eigenvalue weighted by Gasteiger charge is 2.41. The van der Waals surface area contributed by atoms with Gasteiger partial charge in [0.15, 0.2) is 0 Å². The predicted octanol–water partition coefficient (Wildman–Crippen LogP) is 0.762. The quantitative estimate of drug-likeness (QED) is 0.660. The van der Waals surface area contributed by atoms with Gasteiger partial charge in [0.05, 0.1) is 12.1 Å². The SMILES string of the molecule is C=CCC1OC(=O)N(C)C1C(C)O. The third-order valence-corrected chi connectivity index (χ3v) is 2.26. The summed E-state index contributed by atoms with van der Waals surface area (Å²) in [5.41, 5.74) is 0. The second kappa shape index (κ2) is 3.79. The van der Waals surface area contributed by atoms with Gasteiger partial charge in [-0.1, -0.05) is 6.08 Å². The van der Waals surface area contributed by atoms with Gasteiger partial charge < -0.3 is 14.7 Å². The molecule has 74 valence electrons. The number of hydrogen-bond acceptors (Lipinski definition) is 3. The van der Waals surface area contributed by atoms with Crippen molar-refractivity contribution >= 4 is 6.09 Å². The Balaban J connectivity index is 2.73. The van der Waals surface area contributed by atoms with E-state index < -0.39 is 6.10 Å². The van der Waals surface area contributed by atoms with E-state index in [0.717, 1.165) is 0 Å². The highest BCUT2D eigenvalue weighted by molar-refractivity contribution is 5.70. The molecule has 4 heteroatoms. The summed E-state index contributed by atoms with van der Waals surface area (Å²) in [5.74, 6) is 0. The molecular formula is C9H15NO3. The van der Waals surface area contributed by atoms with Gasteiger partial charge in [-0.05, 0) is 6.92 Å². The predicted molar refractivity (Wildman–Crippen MR) is 48.3 cm³/mol. The molecule has 0 bridgehead atoms. The Hall–Kier alpha value is -1.03. The molecule has 13 heavy (non-hydrogen) atoms. The van der Waals surface area contributed by atoms with E-state index in [-0.39, 0.29) is 18.2 Å². The van der Waals surface area contributed by atoms with Gasteiger partial charge in [-0.15, -0.1) is 6.58 Å². The van der Waals surface area contributed by atoms with Gasteiger partial charge in [0.1, 0.15) is 6.10 Å². The number of ether oxygens (including phenoxy) is 1. The van der Waals surface area contributed by atoms with E-state index in [1.54, 1.807) is 20.0 Å². The second-order valence-electron chi connectivity index (χ2n) is 3.29. The minimum absolute atomic E-state index is 0.259. The lowest BCUT2D eigenvalue weighted by molar-refractivity contribution is 0.0743. The molecule has 4 nitrogen and oxygen atoms in total. The second-order valence-corrected chi connectivity index (χ2v) is 3.29. The fourth-order valence-corrected chi connectivity index (χ4v) is 1.64. The largest absolute Gasteiger partial charge is 0.443 e. The zero-order valence-electron chi connectivity index (χ0n) is 7.93. The van der Waals surface area contributed by atoms with Gasteiger partial charge in [0.2, 0.25) is 0 Å². The summed E-state index contributed by atoms with van der Waals surface area (Å²) >= 11 is 0. The number of carbonyl (C=O) groups excluding carboxylic acids is 1. The smallest absolute Gasteiger partial charge is 0.410 e. The van der Waals surface area contributed by atoms with Crippen LogP contribution in [0, 0.1) is 0 Å². The molecule has 1 amide bonds. The lowest BCUT2D eigenvalue weighted by Gasteiger charge is -2.23. The number of rotatable bonds is 3. The lowest BCUT2D eigenvalue weighted by Crippen LogP contribution is -2.41. The van der Waals surface area contributed by atoms with Crippen molar-refractivity contribution in [2.45, 2.75) is 31.6 Å². The number of cyclic esters (lactones) is 1. The molecule has 3 unspecified atom stereocenters. The molecule has 1 saturated heterocycles. The van der Waals surface area contributed by atoms with Crippen molar-refractivity contribution in [3.8, 4) is 0 Å². The van der Waals surface area contributed by atoms with Gasteiger partial charge in [0.25, 0.3) is 0 Å². The molecule has 1 rings (SSSR count). The first-order valence-corrected chi connectivity index (χ1v) is 4.30. The van der Waals surface area contributed by atoms with Crippen LogP contribution >= 0.6 is 0 Å². The topological polar surface area (TPSA) is 49.8 Å². The Morgan fingerprint density at radius 2 is 2.46 bits per heavy atom. The van der Waals surface area contributed by atoms with Crippen molar-refractivity contribution in [3.63, 3.8) is 0 Å². The summed E-state index contributed by atoms with van der Waals surface area (Å²) in [6, 6.07) is -0.259. The maximum atomic E-state index is 11.1. The molecule has 1 fully saturated rings. The molecular weight excluding hydrogens is 170 g/mol. The third-order valence-electron chi connectivity index (χ3n) is 2.26. The number of aliphatic hydroxyl groups excluding tert-OH is 1. The van der Waals surface area contributed by atoms with Crippen LogP contribution in [0.15, 0.2) is 12.7 Å². The summed E-state index contributed by atoms with van der Waals surface area (Å²) in [7, 11) is 1.63. The van der Waals surface area contributed by atoms with Gasteiger partial charge in [-0.25, -0.2) is 4.79 Å². The van der Waals surface area contributed by atoms with Gasteiger partial charge in [-0.2, -0.15) is 0 Å². The van der Waals surface area contributed by atoms with Crippen molar-refractivity contribution in [1.82, 2.24) is 4.90 Å². The number of likely N-dealkylation sites (N-methyl/N-ethyl adjacent to an activating group) is 1. The third kappa shape index (κ3) is 1.83. The number of carbonyl (C=O) groups is 1. The highest BCUT2D eigenvalue weighted by atomic mass is 16.6. The van der Waals surface area contributed by atoms with Crippen molar-refractivity contribution in [2.75, 3.05) is 7.05 Å². The highest BCUT2D eigenvalue weighted by Crippen LogP contribution is 2.23. The van der Waals surface area contributed by atoms with Crippen LogP contribution in [0.3, 0.4) is 0 Å². The Kier molecular flexibility index (Phi) is 2.93. The van der Waals surface area contributed by atoms with Gasteiger partial charge in [0, 0.05) is 13.5 Å². The molecule has 0 aromatic heterocycles. The molecule has 1 aliphatic rings. The minimum atomic E-state index is -0.582. The average molecular weight is 185 g/mol. The van der Waals surface area contributed by atoms with E-state index in [1.165, 1.54) is 4.90 Å². The Bertz CT molecular complexity index is 215. The fraction of sp³-hybridized carbons (Fsp3) is 0.667. The van der Waals surface area contributed by atoms with Crippen LogP contribution < -0.4 is 0 Å². The summed E-state index contributed by atoms with van der Waals surface area (Å²) in [6.45, 7) is 5.23. The molecule has 0 aromatic carbocycles. The molecule has 1 N–H and O–H groups in total. The van der Waals surface area contributed by atoms with Crippen LogP contribution in [0.25, 0.3) is 0 Å². The molecule has 0 saturated carbocycles. The van der Waals surface area contributed by atoms with E-state index in [4.69, 9.17) is 4.74 Å². The van der Waals surface area contributed by atoms with Crippen molar-refractivity contribution in [3.05, 3.63) is 12.7 Å². The summed E-state index contributed by atoms with van der Waals surface area (Å²) in [6.07, 6.45) is 1.03. The molecule has 1 heterocycles. The molecule has 0 aromatic rings. The summed E-state index contributed by atoms with van der Waals surface area (Å²) < 4.78 is 5.04. The first-order chi connectivity index (χ1) is 6.07. The van der Waals surface area contributed by atoms with Crippen molar-refractivity contribution < 1.29 is 14.6 Å². The van der Waals surface area contributed by atoms with E-state index in [0.29, 0.717) is 6.42 Å². The fourth-order valence-electron chi connectivity index (χ4n) is 1.64. The first-order valence-electron chi connectivity index (χ1n) is 4.30. The first kappa shape index (κ1) is 10.1. The maximum absolute atomic E-state index is 11.1. The molecule has 0 aliphatic carbocycles. The van der Waals surface area contributed by atoms with Crippen LogP contribution in [-0.4, -0.2) is 41.4 Å². The van der Waals surface area contributed by atoms with E-state index in [2.05, 4.69) is 6.58 Å². The number of hydrogen-bond donors (Lipinski definition) is 1. The van der Waals surface area contributed by atoms with E-state index >= 15 is 0 Å². The van der Waals surface area contributed by atoms with E-state index in [1.807, 2.05) is 0 Å². The Morgan fingerprint density at radius 1 is 1.85 bits per heavy atom. The average Bonchev–Trinajstić information content (AvgIpc) is 2.28. The standard InChI is InChI=1S/C9H15NO3/c1-4-5-7-8(6(2)11)10(3)9(12)13-7/h4,6-8,11H,1,5H2,2-3H3. The summed E-state index contributed by atoms with van der Waals surface area (Å²) in [5, 5.41) is 9.43. The Labute approximate surface area is 77.8 Å². The monoisotopic (exact) mass is 185 g/mol. The van der Waals surface area contributed by atoms with Crippen LogP contribution in [0.1, 0.15) is 13.3 Å². The van der Waals surface area contributed by atoms with Crippen molar-refractivity contribution in [1.29, 1.82) is 0 Å². The Morgan fingerprint density at radius 3 is 2.92 bits per heavy atom. The lowest BCUT2D eigenvalue weighted by atomic mass is 10.0. The minimum Gasteiger partial charge on any atom is -0.443 e. The van der Waals surface area contributed by atoms with E-state index in [9.17, 15) is 9.90 Å². The molecule has 3 atom stereocenters. The number of amides is 1. The normalized spacial score (nSPS) is 30.1. The number of nitrogens with zero attached hydrogens (tertiary/aromatic N) is 1. The summed E-state index contributed by atoms with van der Waals surface area (Å²) in [4.78, 5) is 12.6. The zero-order chi connectivity index (χ0) is 10.0.